The van der Waals surface area contributed by atoms with Crippen molar-refractivity contribution in [2.45, 2.75) is 12.5 Å². The average molecular weight is 265 g/mol. The molecule has 1 saturated heterocycles. The van der Waals surface area contributed by atoms with Crippen molar-refractivity contribution < 1.29 is 19.4 Å². The van der Waals surface area contributed by atoms with Crippen LogP contribution >= 0.6 is 0 Å². The maximum Gasteiger partial charge on any atom is 0.321 e. The summed E-state index contributed by atoms with van der Waals surface area (Å²) in [4.78, 5) is 13.4. The summed E-state index contributed by atoms with van der Waals surface area (Å²) >= 11 is 0. The smallest absolute Gasteiger partial charge is 0.321 e. The van der Waals surface area contributed by atoms with Gasteiger partial charge in [-0.1, -0.05) is 18.2 Å². The van der Waals surface area contributed by atoms with Crippen LogP contribution in [0.25, 0.3) is 0 Å². The summed E-state index contributed by atoms with van der Waals surface area (Å²) in [6.45, 7) is 2.50. The molecule has 1 aliphatic heterocycles. The molecular formula is C14H19NO4. The normalized spacial score (nSPS) is 17.9. The van der Waals surface area contributed by atoms with E-state index in [2.05, 4.69) is 0 Å². The highest BCUT2D eigenvalue weighted by Gasteiger charge is 2.28. The Morgan fingerprint density at radius 2 is 2.11 bits per heavy atom. The molecule has 0 radical (unpaired) electrons. The van der Waals surface area contributed by atoms with E-state index in [0.29, 0.717) is 32.7 Å². The molecule has 0 spiro atoms. The zero-order valence-corrected chi connectivity index (χ0v) is 11.0. The number of morpholine rings is 1. The molecule has 0 aliphatic carbocycles. The molecule has 1 aromatic carbocycles. The van der Waals surface area contributed by atoms with Gasteiger partial charge in [0.2, 0.25) is 0 Å². The minimum Gasteiger partial charge on any atom is -0.496 e. The second-order valence-electron chi connectivity index (χ2n) is 4.52. The number of carboxylic acid groups (broad SMARTS) is 1. The third kappa shape index (κ3) is 3.45. The van der Waals surface area contributed by atoms with Gasteiger partial charge in [0.05, 0.1) is 20.3 Å². The maximum absolute atomic E-state index is 11.5. The van der Waals surface area contributed by atoms with Crippen molar-refractivity contribution in [1.29, 1.82) is 0 Å². The summed E-state index contributed by atoms with van der Waals surface area (Å²) in [5.41, 5.74) is 0.920. The molecule has 0 amide bonds. The minimum atomic E-state index is -0.798. The molecule has 0 unspecified atom stereocenters. The number of benzene rings is 1. The van der Waals surface area contributed by atoms with E-state index in [-0.39, 0.29) is 0 Å². The Hall–Kier alpha value is -1.59. The van der Waals surface area contributed by atoms with Crippen LogP contribution in [0.1, 0.15) is 5.56 Å². The number of methoxy groups -OCH3 is 1. The van der Waals surface area contributed by atoms with Crippen LogP contribution < -0.4 is 4.74 Å². The Morgan fingerprint density at radius 1 is 1.42 bits per heavy atom. The van der Waals surface area contributed by atoms with Gasteiger partial charge < -0.3 is 14.6 Å². The zero-order valence-electron chi connectivity index (χ0n) is 11.0. The monoisotopic (exact) mass is 265 g/mol. The molecular weight excluding hydrogens is 246 g/mol. The second kappa shape index (κ2) is 6.54. The lowest BCUT2D eigenvalue weighted by Gasteiger charge is -2.32. The van der Waals surface area contributed by atoms with Crippen molar-refractivity contribution in [3.05, 3.63) is 29.8 Å². The highest BCUT2D eigenvalue weighted by atomic mass is 16.5. The molecule has 1 aliphatic rings. The summed E-state index contributed by atoms with van der Waals surface area (Å²) in [6.07, 6.45) is 0.444. The van der Waals surface area contributed by atoms with Gasteiger partial charge >= 0.3 is 5.97 Å². The molecule has 0 saturated carbocycles. The van der Waals surface area contributed by atoms with Crippen molar-refractivity contribution >= 4 is 5.97 Å². The van der Waals surface area contributed by atoms with Crippen molar-refractivity contribution in [3.63, 3.8) is 0 Å². The highest BCUT2D eigenvalue weighted by molar-refractivity contribution is 5.74. The molecule has 104 valence electrons. The van der Waals surface area contributed by atoms with E-state index in [9.17, 15) is 9.90 Å². The lowest BCUT2D eigenvalue weighted by Crippen LogP contribution is -2.48. The Labute approximate surface area is 112 Å². The number of hydrogen-bond acceptors (Lipinski definition) is 4. The van der Waals surface area contributed by atoms with E-state index in [1.807, 2.05) is 29.2 Å². The molecule has 19 heavy (non-hydrogen) atoms. The third-order valence-electron chi connectivity index (χ3n) is 3.38. The van der Waals surface area contributed by atoms with Gasteiger partial charge in [0.15, 0.2) is 0 Å². The van der Waals surface area contributed by atoms with Crippen LogP contribution in [0.15, 0.2) is 24.3 Å². The standard InChI is InChI=1S/C14H19NO4/c1-18-13-5-3-2-4-11(13)10-12(14(16)17)15-6-8-19-9-7-15/h2-5,12H,6-10H2,1H3,(H,16,17)/t12-/m0/s1. The first-order valence-corrected chi connectivity index (χ1v) is 6.39. The van der Waals surface area contributed by atoms with Gasteiger partial charge in [-0.3, -0.25) is 9.69 Å². The van der Waals surface area contributed by atoms with Crippen LogP contribution in [0.5, 0.6) is 5.75 Å². The Kier molecular flexibility index (Phi) is 4.76. The number of nitrogens with zero attached hydrogens (tertiary/aromatic N) is 1. The molecule has 2 rings (SSSR count). The molecule has 5 nitrogen and oxygen atoms in total. The SMILES string of the molecule is COc1ccccc1C[C@@H](C(=O)O)N1CCOCC1. The second-order valence-corrected chi connectivity index (χ2v) is 4.52. The number of rotatable bonds is 5. The van der Waals surface area contributed by atoms with Gasteiger partial charge in [-0.05, 0) is 11.6 Å². The van der Waals surface area contributed by atoms with Crippen LogP contribution in [0.3, 0.4) is 0 Å². The number of hydrogen-bond donors (Lipinski definition) is 1. The van der Waals surface area contributed by atoms with E-state index in [1.165, 1.54) is 0 Å². The fourth-order valence-electron chi connectivity index (χ4n) is 2.34. The molecule has 1 heterocycles. The highest BCUT2D eigenvalue weighted by Crippen LogP contribution is 2.21. The summed E-state index contributed by atoms with van der Waals surface area (Å²) in [6, 6.07) is 7.02. The molecule has 0 bridgehead atoms. The summed E-state index contributed by atoms with van der Waals surface area (Å²) < 4.78 is 10.5. The van der Waals surface area contributed by atoms with Gasteiger partial charge in [0.25, 0.3) is 0 Å². The van der Waals surface area contributed by atoms with Crippen LogP contribution in [0.4, 0.5) is 0 Å². The van der Waals surface area contributed by atoms with Crippen LogP contribution in [-0.2, 0) is 16.0 Å². The zero-order chi connectivity index (χ0) is 13.7. The largest absolute Gasteiger partial charge is 0.496 e. The van der Waals surface area contributed by atoms with Crippen molar-refractivity contribution in [1.82, 2.24) is 4.90 Å². The molecule has 1 N–H and O–H groups in total. The maximum atomic E-state index is 11.5. The molecule has 5 heteroatoms. The number of carbonyl (C=O) groups is 1. The van der Waals surface area contributed by atoms with E-state index < -0.39 is 12.0 Å². The van der Waals surface area contributed by atoms with E-state index in [4.69, 9.17) is 9.47 Å². The Balaban J connectivity index is 2.13. The first-order chi connectivity index (χ1) is 9.22. The first-order valence-electron chi connectivity index (χ1n) is 6.39. The third-order valence-corrected chi connectivity index (χ3v) is 3.38. The quantitative estimate of drug-likeness (QED) is 0.861. The summed E-state index contributed by atoms with van der Waals surface area (Å²) in [5.74, 6) is -0.0604. The number of aliphatic carboxylic acids is 1. The topological polar surface area (TPSA) is 59.0 Å². The minimum absolute atomic E-state index is 0.444. The van der Waals surface area contributed by atoms with Gasteiger partial charge in [-0.2, -0.15) is 0 Å². The predicted molar refractivity (Wildman–Crippen MR) is 70.5 cm³/mol. The average Bonchev–Trinajstić information content (AvgIpc) is 2.45. The van der Waals surface area contributed by atoms with Gasteiger partial charge in [-0.15, -0.1) is 0 Å². The number of carboxylic acids is 1. The van der Waals surface area contributed by atoms with E-state index in [0.717, 1.165) is 11.3 Å². The van der Waals surface area contributed by atoms with Crippen LogP contribution in [-0.4, -0.2) is 55.4 Å². The predicted octanol–water partition coefficient (Wildman–Crippen LogP) is 1.02. The van der Waals surface area contributed by atoms with Crippen molar-refractivity contribution in [2.75, 3.05) is 33.4 Å². The summed E-state index contributed by atoms with van der Waals surface area (Å²) in [5, 5.41) is 9.43. The van der Waals surface area contributed by atoms with E-state index in [1.54, 1.807) is 7.11 Å². The van der Waals surface area contributed by atoms with Gasteiger partial charge in [0.1, 0.15) is 11.8 Å². The fraction of sp³-hybridized carbons (Fsp3) is 0.500. The molecule has 1 atom stereocenters. The van der Waals surface area contributed by atoms with Gasteiger partial charge in [-0.25, -0.2) is 0 Å². The van der Waals surface area contributed by atoms with Crippen molar-refractivity contribution in [2.24, 2.45) is 0 Å². The van der Waals surface area contributed by atoms with E-state index >= 15 is 0 Å². The molecule has 1 fully saturated rings. The fourth-order valence-corrected chi connectivity index (χ4v) is 2.34. The van der Waals surface area contributed by atoms with Gasteiger partial charge in [0, 0.05) is 19.5 Å². The Bertz CT molecular complexity index is 429. The van der Waals surface area contributed by atoms with Crippen LogP contribution in [0.2, 0.25) is 0 Å². The molecule has 0 aromatic heterocycles. The summed E-state index contributed by atoms with van der Waals surface area (Å²) in [7, 11) is 1.60. The first kappa shape index (κ1) is 13.8. The van der Waals surface area contributed by atoms with Crippen molar-refractivity contribution in [3.8, 4) is 5.75 Å². The number of ether oxygens (including phenoxy) is 2. The molecule has 1 aromatic rings. The lowest BCUT2D eigenvalue weighted by molar-refractivity contribution is -0.145. The number of para-hydroxylation sites is 1. The lowest BCUT2D eigenvalue weighted by atomic mass is 10.0. The van der Waals surface area contributed by atoms with Crippen LogP contribution in [0, 0.1) is 0 Å². The Morgan fingerprint density at radius 3 is 2.74 bits per heavy atom.